The summed E-state index contributed by atoms with van der Waals surface area (Å²) in [5.74, 6) is 0.907. The summed E-state index contributed by atoms with van der Waals surface area (Å²) in [4.78, 5) is 4.15. The van der Waals surface area contributed by atoms with E-state index in [1.807, 2.05) is 6.92 Å². The molecule has 0 aliphatic heterocycles. The summed E-state index contributed by atoms with van der Waals surface area (Å²) >= 11 is 0. The van der Waals surface area contributed by atoms with Crippen molar-refractivity contribution < 1.29 is 17.9 Å². The summed E-state index contributed by atoms with van der Waals surface area (Å²) in [6, 6.07) is 10.6. The first-order chi connectivity index (χ1) is 10.0. The summed E-state index contributed by atoms with van der Waals surface area (Å²) in [5, 5.41) is 2.88. The van der Waals surface area contributed by atoms with Gasteiger partial charge in [-0.2, -0.15) is 18.2 Å². The minimum absolute atomic E-state index is 0.0399. The molecule has 0 fully saturated rings. The molecule has 2 rings (SSSR count). The fourth-order valence-electron chi connectivity index (χ4n) is 1.88. The Bertz CT molecular complexity index is 599. The van der Waals surface area contributed by atoms with Gasteiger partial charge < -0.3 is 10.1 Å². The normalized spacial score (nSPS) is 11.2. The quantitative estimate of drug-likeness (QED) is 0.901. The van der Waals surface area contributed by atoms with Crippen molar-refractivity contribution in [1.29, 1.82) is 0 Å². The van der Waals surface area contributed by atoms with E-state index in [0.29, 0.717) is 18.3 Å². The smallest absolute Gasteiger partial charge is 0.416 e. The van der Waals surface area contributed by atoms with Crippen LogP contribution in [0.15, 0.2) is 42.5 Å². The Labute approximate surface area is 120 Å². The monoisotopic (exact) mass is 296 g/mol. The Kier molecular flexibility index (Phi) is 4.67. The van der Waals surface area contributed by atoms with Crippen LogP contribution in [0.2, 0.25) is 0 Å². The molecule has 0 radical (unpaired) electrons. The fraction of sp³-hybridized carbons (Fsp3) is 0.267. The third-order valence-electron chi connectivity index (χ3n) is 2.80. The largest absolute Gasteiger partial charge is 0.478 e. The SMILES string of the molecule is CCOc1cccc(NCc2ccccc2C(F)(F)F)n1. The van der Waals surface area contributed by atoms with Crippen molar-refractivity contribution in [1.82, 2.24) is 4.98 Å². The number of rotatable bonds is 5. The minimum Gasteiger partial charge on any atom is -0.478 e. The molecule has 0 bridgehead atoms. The molecule has 0 saturated carbocycles. The lowest BCUT2D eigenvalue weighted by Gasteiger charge is -2.13. The Balaban J connectivity index is 2.12. The zero-order valence-corrected chi connectivity index (χ0v) is 11.4. The predicted molar refractivity (Wildman–Crippen MR) is 74.2 cm³/mol. The zero-order valence-electron chi connectivity index (χ0n) is 11.4. The van der Waals surface area contributed by atoms with Crippen molar-refractivity contribution in [2.24, 2.45) is 0 Å². The second-order valence-corrected chi connectivity index (χ2v) is 4.30. The van der Waals surface area contributed by atoms with Crippen LogP contribution < -0.4 is 10.1 Å². The summed E-state index contributed by atoms with van der Waals surface area (Å²) in [6.45, 7) is 2.35. The molecule has 1 aromatic carbocycles. The van der Waals surface area contributed by atoms with E-state index >= 15 is 0 Å². The number of benzene rings is 1. The highest BCUT2D eigenvalue weighted by Gasteiger charge is 2.32. The molecule has 2 aromatic rings. The Morgan fingerprint density at radius 3 is 2.57 bits per heavy atom. The van der Waals surface area contributed by atoms with Gasteiger partial charge in [-0.1, -0.05) is 24.3 Å². The van der Waals surface area contributed by atoms with Crippen LogP contribution in [0, 0.1) is 0 Å². The second kappa shape index (κ2) is 6.47. The molecule has 21 heavy (non-hydrogen) atoms. The van der Waals surface area contributed by atoms with E-state index in [9.17, 15) is 13.2 Å². The van der Waals surface area contributed by atoms with Crippen molar-refractivity contribution >= 4 is 5.82 Å². The number of nitrogens with one attached hydrogen (secondary N) is 1. The van der Waals surface area contributed by atoms with Crippen LogP contribution in [0.25, 0.3) is 0 Å². The number of alkyl halides is 3. The maximum atomic E-state index is 12.9. The van der Waals surface area contributed by atoms with Gasteiger partial charge in [-0.3, -0.25) is 0 Å². The van der Waals surface area contributed by atoms with Crippen LogP contribution in [-0.4, -0.2) is 11.6 Å². The number of halogens is 3. The number of hydrogen-bond donors (Lipinski definition) is 1. The number of hydrogen-bond acceptors (Lipinski definition) is 3. The molecule has 0 amide bonds. The van der Waals surface area contributed by atoms with Gasteiger partial charge in [0.1, 0.15) is 5.82 Å². The number of anilines is 1. The lowest BCUT2D eigenvalue weighted by molar-refractivity contribution is -0.138. The Hall–Kier alpha value is -2.24. The number of nitrogens with zero attached hydrogens (tertiary/aromatic N) is 1. The molecular formula is C15H15F3N2O. The average Bonchev–Trinajstić information content (AvgIpc) is 2.45. The zero-order chi connectivity index (χ0) is 15.3. The van der Waals surface area contributed by atoms with Gasteiger partial charge in [-0.25, -0.2) is 0 Å². The van der Waals surface area contributed by atoms with Gasteiger partial charge >= 0.3 is 6.18 Å². The van der Waals surface area contributed by atoms with Crippen LogP contribution in [0.1, 0.15) is 18.1 Å². The number of ether oxygens (including phenoxy) is 1. The summed E-state index contributed by atoms with van der Waals surface area (Å²) < 4.78 is 43.9. The molecule has 0 atom stereocenters. The van der Waals surface area contributed by atoms with Gasteiger partial charge in [0, 0.05) is 12.6 Å². The number of aromatic nitrogens is 1. The van der Waals surface area contributed by atoms with Gasteiger partial charge in [0.05, 0.1) is 12.2 Å². The van der Waals surface area contributed by atoms with E-state index in [1.165, 1.54) is 12.1 Å². The molecule has 112 valence electrons. The third kappa shape index (κ3) is 4.11. The van der Waals surface area contributed by atoms with Crippen LogP contribution in [0.4, 0.5) is 19.0 Å². The van der Waals surface area contributed by atoms with Crippen molar-refractivity contribution in [2.75, 3.05) is 11.9 Å². The van der Waals surface area contributed by atoms with Gasteiger partial charge in [0.15, 0.2) is 0 Å². The fourth-order valence-corrected chi connectivity index (χ4v) is 1.88. The van der Waals surface area contributed by atoms with Gasteiger partial charge in [0.25, 0.3) is 0 Å². The van der Waals surface area contributed by atoms with Crippen molar-refractivity contribution in [2.45, 2.75) is 19.6 Å². The van der Waals surface area contributed by atoms with E-state index in [2.05, 4.69) is 10.3 Å². The lowest BCUT2D eigenvalue weighted by Crippen LogP contribution is -2.12. The predicted octanol–water partition coefficient (Wildman–Crippen LogP) is 4.11. The molecule has 0 spiro atoms. The standard InChI is InChI=1S/C15H15F3N2O/c1-2-21-14-9-5-8-13(20-14)19-10-11-6-3-4-7-12(11)15(16,17)18/h3-9H,2,10H2,1H3,(H,19,20). The molecular weight excluding hydrogens is 281 g/mol. The minimum atomic E-state index is -4.36. The maximum absolute atomic E-state index is 12.9. The third-order valence-corrected chi connectivity index (χ3v) is 2.80. The van der Waals surface area contributed by atoms with Gasteiger partial charge in [-0.15, -0.1) is 0 Å². The van der Waals surface area contributed by atoms with E-state index in [0.717, 1.165) is 6.07 Å². The molecule has 6 heteroatoms. The highest BCUT2D eigenvalue weighted by Crippen LogP contribution is 2.32. The topological polar surface area (TPSA) is 34.1 Å². The van der Waals surface area contributed by atoms with Gasteiger partial charge in [0.2, 0.25) is 5.88 Å². The van der Waals surface area contributed by atoms with Crippen LogP contribution in [-0.2, 0) is 12.7 Å². The van der Waals surface area contributed by atoms with Crippen molar-refractivity contribution in [3.63, 3.8) is 0 Å². The average molecular weight is 296 g/mol. The van der Waals surface area contributed by atoms with Crippen LogP contribution >= 0.6 is 0 Å². The highest BCUT2D eigenvalue weighted by atomic mass is 19.4. The molecule has 0 aliphatic rings. The first-order valence-electron chi connectivity index (χ1n) is 6.49. The Morgan fingerprint density at radius 2 is 1.86 bits per heavy atom. The molecule has 1 heterocycles. The van der Waals surface area contributed by atoms with E-state index in [1.54, 1.807) is 24.3 Å². The molecule has 1 N–H and O–H groups in total. The molecule has 3 nitrogen and oxygen atoms in total. The van der Waals surface area contributed by atoms with E-state index in [-0.39, 0.29) is 12.1 Å². The highest BCUT2D eigenvalue weighted by molar-refractivity contribution is 5.40. The lowest BCUT2D eigenvalue weighted by atomic mass is 10.1. The molecule has 0 unspecified atom stereocenters. The summed E-state index contributed by atoms with van der Waals surface area (Å²) in [7, 11) is 0. The molecule has 0 aliphatic carbocycles. The molecule has 0 saturated heterocycles. The van der Waals surface area contributed by atoms with Crippen molar-refractivity contribution in [3.8, 4) is 5.88 Å². The van der Waals surface area contributed by atoms with E-state index in [4.69, 9.17) is 4.74 Å². The second-order valence-electron chi connectivity index (χ2n) is 4.30. The first-order valence-corrected chi connectivity index (χ1v) is 6.49. The van der Waals surface area contributed by atoms with Gasteiger partial charge in [-0.05, 0) is 24.6 Å². The van der Waals surface area contributed by atoms with Crippen molar-refractivity contribution in [3.05, 3.63) is 53.6 Å². The number of pyridine rings is 1. The maximum Gasteiger partial charge on any atom is 0.416 e. The van der Waals surface area contributed by atoms with Crippen LogP contribution in [0.5, 0.6) is 5.88 Å². The summed E-state index contributed by atoms with van der Waals surface area (Å²) in [6.07, 6.45) is -4.36. The van der Waals surface area contributed by atoms with E-state index < -0.39 is 11.7 Å². The molecule has 1 aromatic heterocycles. The first kappa shape index (κ1) is 15.2. The van der Waals surface area contributed by atoms with Crippen LogP contribution in [0.3, 0.4) is 0 Å². The Morgan fingerprint density at radius 1 is 1.10 bits per heavy atom. The summed E-state index contributed by atoms with van der Waals surface area (Å²) in [5.41, 5.74) is -0.466.